The molecular formula is C12H18N2OS. The third-order valence-corrected chi connectivity index (χ3v) is 3.87. The molecule has 0 saturated heterocycles. The Morgan fingerprint density at radius 3 is 2.94 bits per heavy atom. The number of hydrogen-bond acceptors (Lipinski definition) is 3. The maximum atomic E-state index is 10.8. The Labute approximate surface area is 100 Å². The molecule has 1 aromatic rings. The maximum Gasteiger partial charge on any atom is 0.218 e. The van der Waals surface area contributed by atoms with Crippen molar-refractivity contribution in [1.82, 2.24) is 5.32 Å². The number of hydrogen-bond donors (Lipinski definition) is 2. The van der Waals surface area contributed by atoms with Crippen LogP contribution in [0.25, 0.3) is 0 Å². The highest BCUT2D eigenvalue weighted by atomic mass is 32.1. The Hall–Kier alpha value is -0.870. The maximum absolute atomic E-state index is 10.8. The highest BCUT2D eigenvalue weighted by molar-refractivity contribution is 7.10. The second kappa shape index (κ2) is 4.97. The standard InChI is InChI=1S/C12H18N2OS/c1-8(7-11(13)15)14-12(9-4-5-9)10-3-2-6-16-10/h2-3,6,8-9,12,14H,4-5,7H2,1H3,(H2,13,15). The van der Waals surface area contributed by atoms with E-state index in [-0.39, 0.29) is 11.9 Å². The van der Waals surface area contributed by atoms with Gasteiger partial charge in [-0.3, -0.25) is 4.79 Å². The zero-order chi connectivity index (χ0) is 11.5. The summed E-state index contributed by atoms with van der Waals surface area (Å²) in [6, 6.07) is 4.81. The summed E-state index contributed by atoms with van der Waals surface area (Å²) < 4.78 is 0. The molecule has 2 unspecified atom stereocenters. The van der Waals surface area contributed by atoms with Crippen molar-refractivity contribution in [2.45, 2.75) is 38.3 Å². The fourth-order valence-electron chi connectivity index (χ4n) is 2.02. The molecule has 1 saturated carbocycles. The number of carbonyl (C=O) groups excluding carboxylic acids is 1. The van der Waals surface area contributed by atoms with Crippen molar-refractivity contribution >= 4 is 17.2 Å². The van der Waals surface area contributed by atoms with E-state index in [9.17, 15) is 4.79 Å². The normalized spacial score (nSPS) is 19.3. The van der Waals surface area contributed by atoms with E-state index in [1.807, 2.05) is 6.92 Å². The van der Waals surface area contributed by atoms with Gasteiger partial charge in [0.1, 0.15) is 0 Å². The van der Waals surface area contributed by atoms with Crippen LogP contribution in [0.15, 0.2) is 17.5 Å². The zero-order valence-electron chi connectivity index (χ0n) is 9.48. The van der Waals surface area contributed by atoms with Crippen LogP contribution in [0.3, 0.4) is 0 Å². The minimum Gasteiger partial charge on any atom is -0.370 e. The first kappa shape index (κ1) is 11.6. The molecule has 1 aliphatic rings. The topological polar surface area (TPSA) is 55.1 Å². The number of rotatable bonds is 6. The molecular weight excluding hydrogens is 220 g/mol. The smallest absolute Gasteiger partial charge is 0.218 e. The Balaban J connectivity index is 1.95. The second-order valence-electron chi connectivity index (χ2n) is 4.57. The predicted molar refractivity (Wildman–Crippen MR) is 66.2 cm³/mol. The van der Waals surface area contributed by atoms with Gasteiger partial charge in [-0.2, -0.15) is 0 Å². The lowest BCUT2D eigenvalue weighted by molar-refractivity contribution is -0.118. The van der Waals surface area contributed by atoms with Crippen molar-refractivity contribution in [3.8, 4) is 0 Å². The number of thiophene rings is 1. The van der Waals surface area contributed by atoms with E-state index in [2.05, 4.69) is 22.8 Å². The van der Waals surface area contributed by atoms with Gasteiger partial charge in [-0.15, -0.1) is 11.3 Å². The number of carbonyl (C=O) groups is 1. The number of primary amides is 1. The first-order valence-corrected chi connectivity index (χ1v) is 6.62. The summed E-state index contributed by atoms with van der Waals surface area (Å²) in [5, 5.41) is 5.62. The largest absolute Gasteiger partial charge is 0.370 e. The van der Waals surface area contributed by atoms with Crippen molar-refractivity contribution in [1.29, 1.82) is 0 Å². The van der Waals surface area contributed by atoms with E-state index >= 15 is 0 Å². The van der Waals surface area contributed by atoms with Crippen molar-refractivity contribution in [2.75, 3.05) is 0 Å². The first-order valence-electron chi connectivity index (χ1n) is 5.74. The van der Waals surface area contributed by atoms with Crippen LogP contribution in [-0.2, 0) is 4.79 Å². The van der Waals surface area contributed by atoms with Gasteiger partial charge >= 0.3 is 0 Å². The molecule has 1 aliphatic carbocycles. The van der Waals surface area contributed by atoms with Gasteiger partial charge in [-0.25, -0.2) is 0 Å². The van der Waals surface area contributed by atoms with Crippen molar-refractivity contribution in [3.63, 3.8) is 0 Å². The lowest BCUT2D eigenvalue weighted by Crippen LogP contribution is -2.34. The number of nitrogens with one attached hydrogen (secondary N) is 1. The van der Waals surface area contributed by atoms with Gasteiger partial charge in [-0.05, 0) is 37.1 Å². The van der Waals surface area contributed by atoms with Crippen LogP contribution < -0.4 is 11.1 Å². The molecule has 1 aromatic heterocycles. The molecule has 1 heterocycles. The first-order chi connectivity index (χ1) is 7.66. The Kier molecular flexibility index (Phi) is 3.61. The fourth-order valence-corrected chi connectivity index (χ4v) is 2.89. The lowest BCUT2D eigenvalue weighted by Gasteiger charge is -2.21. The second-order valence-corrected chi connectivity index (χ2v) is 5.55. The molecule has 1 amide bonds. The van der Waals surface area contributed by atoms with Crippen molar-refractivity contribution < 1.29 is 4.79 Å². The summed E-state index contributed by atoms with van der Waals surface area (Å²) in [5.74, 6) is 0.509. The highest BCUT2D eigenvalue weighted by Gasteiger charge is 2.33. The molecule has 88 valence electrons. The van der Waals surface area contributed by atoms with Crippen LogP contribution in [0.2, 0.25) is 0 Å². The highest BCUT2D eigenvalue weighted by Crippen LogP contribution is 2.42. The molecule has 3 N–H and O–H groups in total. The van der Waals surface area contributed by atoms with Crippen LogP contribution in [0.5, 0.6) is 0 Å². The SMILES string of the molecule is CC(CC(N)=O)NC(c1cccs1)C1CC1. The number of amides is 1. The van der Waals surface area contributed by atoms with Gasteiger partial charge in [0.25, 0.3) is 0 Å². The van der Waals surface area contributed by atoms with E-state index in [0.717, 1.165) is 5.92 Å². The summed E-state index contributed by atoms with van der Waals surface area (Å²) in [7, 11) is 0. The van der Waals surface area contributed by atoms with Gasteiger partial charge in [-0.1, -0.05) is 6.07 Å². The average molecular weight is 238 g/mol. The fraction of sp³-hybridized carbons (Fsp3) is 0.583. The summed E-state index contributed by atoms with van der Waals surface area (Å²) in [4.78, 5) is 12.2. The van der Waals surface area contributed by atoms with E-state index in [1.165, 1.54) is 17.7 Å². The van der Waals surface area contributed by atoms with Gasteiger partial charge in [0, 0.05) is 23.4 Å². The van der Waals surface area contributed by atoms with Gasteiger partial charge in [0.2, 0.25) is 5.91 Å². The molecule has 0 radical (unpaired) electrons. The molecule has 3 nitrogen and oxygen atoms in total. The average Bonchev–Trinajstić information content (AvgIpc) is 2.89. The zero-order valence-corrected chi connectivity index (χ0v) is 10.3. The minimum absolute atomic E-state index is 0.158. The molecule has 0 aliphatic heterocycles. The molecule has 2 rings (SSSR count). The monoisotopic (exact) mass is 238 g/mol. The Bertz CT molecular complexity index is 346. The molecule has 1 fully saturated rings. The van der Waals surface area contributed by atoms with Crippen LogP contribution >= 0.6 is 11.3 Å². The number of nitrogens with two attached hydrogens (primary N) is 1. The summed E-state index contributed by atoms with van der Waals surface area (Å²) >= 11 is 1.78. The third kappa shape index (κ3) is 3.06. The van der Waals surface area contributed by atoms with Crippen LogP contribution in [0.4, 0.5) is 0 Å². The Morgan fingerprint density at radius 1 is 1.69 bits per heavy atom. The lowest BCUT2D eigenvalue weighted by atomic mass is 10.1. The molecule has 0 bridgehead atoms. The van der Waals surface area contributed by atoms with Crippen LogP contribution in [0.1, 0.15) is 37.1 Å². The van der Waals surface area contributed by atoms with E-state index < -0.39 is 0 Å². The quantitative estimate of drug-likeness (QED) is 0.797. The minimum atomic E-state index is -0.235. The molecule has 16 heavy (non-hydrogen) atoms. The van der Waals surface area contributed by atoms with Crippen molar-refractivity contribution in [3.05, 3.63) is 22.4 Å². The van der Waals surface area contributed by atoms with Gasteiger partial charge in [0.05, 0.1) is 0 Å². The molecule has 2 atom stereocenters. The van der Waals surface area contributed by atoms with Gasteiger partial charge in [0.15, 0.2) is 0 Å². The van der Waals surface area contributed by atoms with E-state index in [0.29, 0.717) is 12.5 Å². The van der Waals surface area contributed by atoms with Crippen molar-refractivity contribution in [2.24, 2.45) is 11.7 Å². The third-order valence-electron chi connectivity index (χ3n) is 2.91. The molecule has 0 spiro atoms. The Morgan fingerprint density at radius 2 is 2.44 bits per heavy atom. The summed E-state index contributed by atoms with van der Waals surface area (Å²) in [6.45, 7) is 2.02. The van der Waals surface area contributed by atoms with Crippen LogP contribution in [-0.4, -0.2) is 11.9 Å². The van der Waals surface area contributed by atoms with Crippen LogP contribution in [0, 0.1) is 5.92 Å². The summed E-state index contributed by atoms with van der Waals surface area (Å²) in [6.07, 6.45) is 2.99. The van der Waals surface area contributed by atoms with E-state index in [1.54, 1.807) is 11.3 Å². The molecule has 0 aromatic carbocycles. The van der Waals surface area contributed by atoms with E-state index in [4.69, 9.17) is 5.73 Å². The van der Waals surface area contributed by atoms with Gasteiger partial charge < -0.3 is 11.1 Å². The predicted octanol–water partition coefficient (Wildman–Crippen LogP) is 2.05. The summed E-state index contributed by atoms with van der Waals surface area (Å²) in [5.41, 5.74) is 5.20. The molecule has 4 heteroatoms.